The molecule has 7 heteroatoms. The van der Waals surface area contributed by atoms with Crippen LogP contribution in [0.2, 0.25) is 5.02 Å². The first-order valence-corrected chi connectivity index (χ1v) is 7.12. The third-order valence-electron chi connectivity index (χ3n) is 3.47. The van der Waals surface area contributed by atoms with Crippen molar-refractivity contribution in [2.45, 2.75) is 24.7 Å². The highest BCUT2D eigenvalue weighted by Gasteiger charge is 2.38. The Morgan fingerprint density at radius 2 is 1.70 bits per heavy atom. The minimum atomic E-state index is -4.80. The quantitative estimate of drug-likeness (QED) is 0.818. The maximum atomic E-state index is 14.1. The smallest absolute Gasteiger partial charge is 0.391 e. The van der Waals surface area contributed by atoms with Gasteiger partial charge in [-0.15, -0.1) is 0 Å². The maximum absolute atomic E-state index is 14.1. The Hall–Kier alpha value is -1.63. The van der Waals surface area contributed by atoms with E-state index in [1.54, 1.807) is 30.3 Å². The highest BCUT2D eigenvalue weighted by atomic mass is 35.5. The third kappa shape index (κ3) is 4.02. The monoisotopic (exact) mass is 347 g/mol. The van der Waals surface area contributed by atoms with Crippen LogP contribution < -0.4 is 5.73 Å². The Kier molecular flexibility index (Phi) is 5.29. The zero-order valence-electron chi connectivity index (χ0n) is 11.8. The Bertz CT molecular complexity index is 676. The highest BCUT2D eigenvalue weighted by molar-refractivity contribution is 6.30. The van der Waals surface area contributed by atoms with Crippen LogP contribution in [0.15, 0.2) is 42.5 Å². The number of alkyl halides is 3. The second-order valence-corrected chi connectivity index (χ2v) is 5.51. The zero-order valence-corrected chi connectivity index (χ0v) is 12.6. The molecule has 2 aromatic rings. The summed E-state index contributed by atoms with van der Waals surface area (Å²) in [7, 11) is 0. The van der Waals surface area contributed by atoms with Gasteiger partial charge in [0.05, 0.1) is 22.7 Å². The molecule has 23 heavy (non-hydrogen) atoms. The summed E-state index contributed by atoms with van der Waals surface area (Å²) in [5.74, 6) is -1.26. The van der Waals surface area contributed by atoms with Crippen LogP contribution >= 0.6 is 11.6 Å². The van der Waals surface area contributed by atoms with E-state index < -0.39 is 40.3 Å². The Balaban J connectivity index is 2.38. The van der Waals surface area contributed by atoms with Gasteiger partial charge in [0.2, 0.25) is 0 Å². The lowest BCUT2D eigenvalue weighted by atomic mass is 9.92. The summed E-state index contributed by atoms with van der Waals surface area (Å²) in [5.41, 5.74) is 4.32. The molecule has 0 saturated heterocycles. The summed E-state index contributed by atoms with van der Waals surface area (Å²) in [6, 6.07) is 8.49. The predicted octanol–water partition coefficient (Wildman–Crippen LogP) is 4.10. The number of halogens is 5. The predicted molar refractivity (Wildman–Crippen MR) is 79.5 cm³/mol. The van der Waals surface area contributed by atoms with Crippen LogP contribution in [0, 0.1) is 5.82 Å². The Morgan fingerprint density at radius 1 is 1.09 bits per heavy atom. The average molecular weight is 348 g/mol. The third-order valence-corrected chi connectivity index (χ3v) is 3.77. The summed E-state index contributed by atoms with van der Waals surface area (Å²) in [6.07, 6.45) is -6.21. The molecule has 0 amide bonds. The summed E-state index contributed by atoms with van der Waals surface area (Å²) in [6.45, 7) is 0. The molecule has 0 radical (unpaired) electrons. The summed E-state index contributed by atoms with van der Waals surface area (Å²) >= 11 is 5.57. The fourth-order valence-corrected chi connectivity index (χ4v) is 2.48. The maximum Gasteiger partial charge on any atom is 0.416 e. The number of hydrogen-bond acceptors (Lipinski definition) is 2. The van der Waals surface area contributed by atoms with Crippen LogP contribution in [0.25, 0.3) is 0 Å². The van der Waals surface area contributed by atoms with Gasteiger partial charge in [-0.2, -0.15) is 13.2 Å². The zero-order chi connectivity index (χ0) is 17.2. The van der Waals surface area contributed by atoms with E-state index >= 15 is 0 Å². The molecule has 2 atom stereocenters. The van der Waals surface area contributed by atoms with Crippen molar-refractivity contribution in [3.8, 4) is 0 Å². The van der Waals surface area contributed by atoms with Gasteiger partial charge in [0, 0.05) is 12.0 Å². The molecule has 0 unspecified atom stereocenters. The van der Waals surface area contributed by atoms with Gasteiger partial charge in [0.1, 0.15) is 5.82 Å². The fraction of sp³-hybridized carbons (Fsp3) is 0.250. The number of aliphatic hydroxyl groups excluding tert-OH is 1. The summed E-state index contributed by atoms with van der Waals surface area (Å²) < 4.78 is 53.3. The van der Waals surface area contributed by atoms with Gasteiger partial charge in [-0.25, -0.2) is 4.39 Å². The summed E-state index contributed by atoms with van der Waals surface area (Å²) in [5, 5.41) is 9.65. The van der Waals surface area contributed by atoms with Crippen molar-refractivity contribution >= 4 is 11.6 Å². The topological polar surface area (TPSA) is 46.2 Å². The number of rotatable bonds is 4. The molecule has 2 nitrogen and oxygen atoms in total. The number of aliphatic hydroxyl groups is 1. The number of benzene rings is 2. The van der Waals surface area contributed by atoms with Crippen LogP contribution in [0.5, 0.6) is 0 Å². The highest BCUT2D eigenvalue weighted by Crippen LogP contribution is 2.38. The SMILES string of the molecule is N[C@@H](c1c(C(F)(F)F)ccc(Cl)c1F)[C@H](O)Cc1ccccc1. The van der Waals surface area contributed by atoms with E-state index in [0.29, 0.717) is 11.6 Å². The van der Waals surface area contributed by atoms with Crippen molar-refractivity contribution in [2.75, 3.05) is 0 Å². The van der Waals surface area contributed by atoms with Gasteiger partial charge in [0.15, 0.2) is 0 Å². The fourth-order valence-electron chi connectivity index (χ4n) is 2.31. The van der Waals surface area contributed by atoms with Crippen molar-refractivity contribution in [1.29, 1.82) is 0 Å². The van der Waals surface area contributed by atoms with Gasteiger partial charge < -0.3 is 10.8 Å². The molecular weight excluding hydrogens is 334 g/mol. The number of hydrogen-bond donors (Lipinski definition) is 2. The molecule has 0 saturated carbocycles. The average Bonchev–Trinajstić information content (AvgIpc) is 2.49. The normalized spacial score (nSPS) is 14.6. The van der Waals surface area contributed by atoms with E-state index in [1.807, 2.05) is 0 Å². The first kappa shape index (κ1) is 17.7. The van der Waals surface area contributed by atoms with E-state index in [4.69, 9.17) is 17.3 Å². The van der Waals surface area contributed by atoms with Gasteiger partial charge in [0.25, 0.3) is 0 Å². The molecule has 0 bridgehead atoms. The molecule has 0 aliphatic carbocycles. The first-order valence-electron chi connectivity index (χ1n) is 6.74. The summed E-state index contributed by atoms with van der Waals surface area (Å²) in [4.78, 5) is 0. The van der Waals surface area contributed by atoms with Gasteiger partial charge in [-0.05, 0) is 17.7 Å². The Morgan fingerprint density at radius 3 is 2.26 bits per heavy atom. The van der Waals surface area contributed by atoms with E-state index in [2.05, 4.69) is 0 Å². The van der Waals surface area contributed by atoms with E-state index in [9.17, 15) is 22.7 Å². The largest absolute Gasteiger partial charge is 0.416 e. The van der Waals surface area contributed by atoms with Crippen molar-refractivity contribution in [3.05, 3.63) is 70.0 Å². The first-order chi connectivity index (χ1) is 10.7. The minimum absolute atomic E-state index is 0.00867. The van der Waals surface area contributed by atoms with Crippen molar-refractivity contribution < 1.29 is 22.7 Å². The lowest BCUT2D eigenvalue weighted by Crippen LogP contribution is -2.31. The lowest BCUT2D eigenvalue weighted by molar-refractivity contribution is -0.138. The van der Waals surface area contributed by atoms with Crippen LogP contribution in [-0.4, -0.2) is 11.2 Å². The van der Waals surface area contributed by atoms with Crippen molar-refractivity contribution in [3.63, 3.8) is 0 Å². The van der Waals surface area contributed by atoms with Crippen LogP contribution in [0.3, 0.4) is 0 Å². The molecule has 2 rings (SSSR count). The molecule has 0 aromatic heterocycles. The molecule has 2 aromatic carbocycles. The molecule has 0 aliphatic heterocycles. The van der Waals surface area contributed by atoms with Crippen LogP contribution in [-0.2, 0) is 12.6 Å². The molecule has 124 valence electrons. The van der Waals surface area contributed by atoms with E-state index in [0.717, 1.165) is 6.07 Å². The molecule has 0 fully saturated rings. The number of nitrogens with two attached hydrogens (primary N) is 1. The van der Waals surface area contributed by atoms with Crippen LogP contribution in [0.1, 0.15) is 22.7 Å². The van der Waals surface area contributed by atoms with Gasteiger partial charge in [-0.1, -0.05) is 41.9 Å². The second-order valence-electron chi connectivity index (χ2n) is 5.10. The lowest BCUT2D eigenvalue weighted by Gasteiger charge is -2.24. The van der Waals surface area contributed by atoms with E-state index in [1.165, 1.54) is 0 Å². The van der Waals surface area contributed by atoms with Crippen molar-refractivity contribution in [2.24, 2.45) is 5.73 Å². The standard InChI is InChI=1S/C16H14ClF4NO/c17-11-7-6-10(16(19,20)21)13(14(11)18)15(22)12(23)8-9-4-2-1-3-5-9/h1-7,12,15,23H,8,22H2/t12-,15-/m1/s1. The molecule has 0 aliphatic rings. The van der Waals surface area contributed by atoms with Gasteiger partial charge >= 0.3 is 6.18 Å². The Labute approximate surface area is 135 Å². The van der Waals surface area contributed by atoms with Gasteiger partial charge in [-0.3, -0.25) is 0 Å². The minimum Gasteiger partial charge on any atom is -0.391 e. The molecule has 0 heterocycles. The van der Waals surface area contributed by atoms with E-state index in [-0.39, 0.29) is 6.42 Å². The van der Waals surface area contributed by atoms with Crippen molar-refractivity contribution in [1.82, 2.24) is 0 Å². The van der Waals surface area contributed by atoms with Crippen LogP contribution in [0.4, 0.5) is 17.6 Å². The molecule has 0 spiro atoms. The second kappa shape index (κ2) is 6.86. The molecule has 3 N–H and O–H groups in total. The molecular formula is C16H14ClF4NO.